The van der Waals surface area contributed by atoms with E-state index in [2.05, 4.69) is 37.4 Å². The van der Waals surface area contributed by atoms with Crippen LogP contribution in [0.3, 0.4) is 0 Å². The van der Waals surface area contributed by atoms with E-state index in [1.165, 1.54) is 16.9 Å². The molecule has 0 aromatic heterocycles. The van der Waals surface area contributed by atoms with E-state index < -0.39 is 16.1 Å². The van der Waals surface area contributed by atoms with E-state index in [4.69, 9.17) is 4.74 Å². The van der Waals surface area contributed by atoms with Crippen LogP contribution in [-0.4, -0.2) is 33.7 Å². The molecule has 0 aliphatic heterocycles. The van der Waals surface area contributed by atoms with Crippen LogP contribution in [0.2, 0.25) is 0 Å². The predicted octanol–water partition coefficient (Wildman–Crippen LogP) is 4.12. The maximum Gasteiger partial charge on any atom is 0.261 e. The number of nitrogens with one attached hydrogen (secondary N) is 1. The second kappa shape index (κ2) is 9.98. The average Bonchev–Trinajstić information content (AvgIpc) is 2.69. The molecule has 0 unspecified atom stereocenters. The van der Waals surface area contributed by atoms with Gasteiger partial charge in [0.05, 0.1) is 18.0 Å². The number of hydrogen-bond acceptors (Lipinski definition) is 4. The summed E-state index contributed by atoms with van der Waals surface area (Å²) in [4.78, 5) is 12.9. The van der Waals surface area contributed by atoms with Gasteiger partial charge in [0.1, 0.15) is 5.75 Å². The highest BCUT2D eigenvalue weighted by Gasteiger charge is 2.23. The molecule has 2 aromatic carbocycles. The van der Waals surface area contributed by atoms with Gasteiger partial charge in [-0.15, -0.1) is 0 Å². The molecule has 2 atom stereocenters. The summed E-state index contributed by atoms with van der Waals surface area (Å²) in [6.45, 7) is 8.05. The van der Waals surface area contributed by atoms with Crippen LogP contribution in [0.15, 0.2) is 42.5 Å². The van der Waals surface area contributed by atoms with Crippen LogP contribution >= 0.6 is 0 Å². The van der Waals surface area contributed by atoms with Crippen molar-refractivity contribution in [2.75, 3.05) is 17.6 Å². The number of amides is 1. The maximum absolute atomic E-state index is 12.9. The van der Waals surface area contributed by atoms with Gasteiger partial charge in [-0.1, -0.05) is 37.6 Å². The number of carbonyl (C=O) groups excluding carboxylic acids is 1. The van der Waals surface area contributed by atoms with Crippen LogP contribution in [0.25, 0.3) is 0 Å². The number of sulfonamides is 1. The van der Waals surface area contributed by atoms with E-state index in [0.29, 0.717) is 17.9 Å². The second-order valence-electron chi connectivity index (χ2n) is 7.57. The number of carbonyl (C=O) groups is 1. The molecule has 0 aliphatic rings. The first-order valence-corrected chi connectivity index (χ1v) is 12.0. The Morgan fingerprint density at radius 1 is 1.07 bits per heavy atom. The lowest BCUT2D eigenvalue weighted by Crippen LogP contribution is -2.40. The van der Waals surface area contributed by atoms with Gasteiger partial charge in [0.15, 0.2) is 6.10 Å². The zero-order valence-corrected chi connectivity index (χ0v) is 19.4. The molecule has 1 N–H and O–H groups in total. The molecule has 1 amide bonds. The molecule has 0 radical (unpaired) electrons. The SMILES string of the molecule is CC[C@H](Oc1ccc(N(C)S(C)(=O)=O)cc1)C(=O)N[C@H](CC)c1ccc(C)cc1C. The first-order valence-electron chi connectivity index (χ1n) is 10.1. The first kappa shape index (κ1) is 23.7. The Labute approximate surface area is 180 Å². The minimum Gasteiger partial charge on any atom is -0.481 e. The van der Waals surface area contributed by atoms with Crippen LogP contribution < -0.4 is 14.4 Å². The summed E-state index contributed by atoms with van der Waals surface area (Å²) < 4.78 is 30.4. The van der Waals surface area contributed by atoms with Crippen molar-refractivity contribution < 1.29 is 17.9 Å². The zero-order chi connectivity index (χ0) is 22.5. The summed E-state index contributed by atoms with van der Waals surface area (Å²) in [5.41, 5.74) is 3.99. The van der Waals surface area contributed by atoms with Crippen molar-refractivity contribution in [3.05, 3.63) is 59.2 Å². The molecule has 0 fully saturated rings. The molecule has 0 spiro atoms. The Kier molecular flexibility index (Phi) is 7.89. The lowest BCUT2D eigenvalue weighted by Gasteiger charge is -2.24. The molecule has 0 saturated heterocycles. The van der Waals surface area contributed by atoms with E-state index in [1.54, 1.807) is 24.3 Å². The molecular weight excluding hydrogens is 400 g/mol. The van der Waals surface area contributed by atoms with Crippen molar-refractivity contribution in [2.24, 2.45) is 0 Å². The van der Waals surface area contributed by atoms with Crippen molar-refractivity contribution >= 4 is 21.6 Å². The van der Waals surface area contributed by atoms with E-state index in [-0.39, 0.29) is 11.9 Å². The van der Waals surface area contributed by atoms with E-state index in [1.807, 2.05) is 13.8 Å². The molecule has 0 heterocycles. The monoisotopic (exact) mass is 432 g/mol. The third-order valence-electron chi connectivity index (χ3n) is 5.16. The van der Waals surface area contributed by atoms with Crippen LogP contribution in [0.1, 0.15) is 49.4 Å². The van der Waals surface area contributed by atoms with E-state index in [0.717, 1.165) is 23.8 Å². The van der Waals surface area contributed by atoms with Gasteiger partial charge in [-0.05, 0) is 62.1 Å². The number of anilines is 1. The largest absolute Gasteiger partial charge is 0.481 e. The number of aryl methyl sites for hydroxylation is 2. The third-order valence-corrected chi connectivity index (χ3v) is 6.37. The fourth-order valence-corrected chi connectivity index (χ4v) is 3.80. The summed E-state index contributed by atoms with van der Waals surface area (Å²) in [6, 6.07) is 12.8. The lowest BCUT2D eigenvalue weighted by atomic mass is 9.97. The van der Waals surface area contributed by atoms with Crippen molar-refractivity contribution in [1.29, 1.82) is 0 Å². The highest BCUT2D eigenvalue weighted by Crippen LogP contribution is 2.24. The number of nitrogens with zero attached hydrogens (tertiary/aromatic N) is 1. The molecular formula is C23H32N2O4S. The number of rotatable bonds is 9. The van der Waals surface area contributed by atoms with Gasteiger partial charge in [-0.25, -0.2) is 8.42 Å². The Morgan fingerprint density at radius 2 is 1.70 bits per heavy atom. The van der Waals surface area contributed by atoms with Crippen LogP contribution in [-0.2, 0) is 14.8 Å². The lowest BCUT2D eigenvalue weighted by molar-refractivity contribution is -0.128. The summed E-state index contributed by atoms with van der Waals surface area (Å²) >= 11 is 0. The normalized spacial score (nSPS) is 13.4. The highest BCUT2D eigenvalue weighted by atomic mass is 32.2. The molecule has 7 heteroatoms. The predicted molar refractivity (Wildman–Crippen MR) is 121 cm³/mol. The molecule has 2 rings (SSSR count). The first-order chi connectivity index (χ1) is 14.1. The quantitative estimate of drug-likeness (QED) is 0.647. The van der Waals surface area contributed by atoms with Crippen LogP contribution in [0.4, 0.5) is 5.69 Å². The van der Waals surface area contributed by atoms with Gasteiger partial charge in [0.25, 0.3) is 5.91 Å². The topological polar surface area (TPSA) is 75.7 Å². The Hall–Kier alpha value is -2.54. The van der Waals surface area contributed by atoms with Crippen molar-refractivity contribution in [2.45, 2.75) is 52.7 Å². The minimum atomic E-state index is -3.33. The van der Waals surface area contributed by atoms with Gasteiger partial charge in [0.2, 0.25) is 10.0 Å². The summed E-state index contributed by atoms with van der Waals surface area (Å²) in [6.07, 6.45) is 1.80. The smallest absolute Gasteiger partial charge is 0.261 e. The van der Waals surface area contributed by atoms with Gasteiger partial charge < -0.3 is 10.1 Å². The van der Waals surface area contributed by atoms with Crippen molar-refractivity contribution in [3.63, 3.8) is 0 Å². The van der Waals surface area contributed by atoms with Gasteiger partial charge >= 0.3 is 0 Å². The van der Waals surface area contributed by atoms with Gasteiger partial charge in [0, 0.05) is 7.05 Å². The molecule has 0 aliphatic carbocycles. The van der Waals surface area contributed by atoms with Crippen LogP contribution in [0, 0.1) is 13.8 Å². The average molecular weight is 433 g/mol. The third kappa shape index (κ3) is 5.98. The fraction of sp³-hybridized carbons (Fsp3) is 0.435. The fourth-order valence-electron chi connectivity index (χ4n) is 3.29. The van der Waals surface area contributed by atoms with E-state index in [9.17, 15) is 13.2 Å². The van der Waals surface area contributed by atoms with Crippen LogP contribution in [0.5, 0.6) is 5.75 Å². The van der Waals surface area contributed by atoms with Gasteiger partial charge in [-0.3, -0.25) is 9.10 Å². The second-order valence-corrected chi connectivity index (χ2v) is 9.58. The van der Waals surface area contributed by atoms with Crippen molar-refractivity contribution in [1.82, 2.24) is 5.32 Å². The number of hydrogen-bond donors (Lipinski definition) is 1. The molecule has 6 nitrogen and oxygen atoms in total. The molecule has 164 valence electrons. The Balaban J connectivity index is 2.10. The Bertz CT molecular complexity index is 971. The molecule has 0 saturated carbocycles. The molecule has 2 aromatic rings. The summed E-state index contributed by atoms with van der Waals surface area (Å²) in [5.74, 6) is 0.351. The molecule has 0 bridgehead atoms. The van der Waals surface area contributed by atoms with E-state index >= 15 is 0 Å². The number of benzene rings is 2. The van der Waals surface area contributed by atoms with Crippen molar-refractivity contribution in [3.8, 4) is 5.75 Å². The minimum absolute atomic E-state index is 0.0819. The summed E-state index contributed by atoms with van der Waals surface area (Å²) in [5, 5.41) is 3.11. The summed E-state index contributed by atoms with van der Waals surface area (Å²) in [7, 11) is -1.84. The zero-order valence-electron chi connectivity index (χ0n) is 18.6. The molecule has 30 heavy (non-hydrogen) atoms. The van der Waals surface area contributed by atoms with Gasteiger partial charge in [-0.2, -0.15) is 0 Å². The number of ether oxygens (including phenoxy) is 1. The Morgan fingerprint density at radius 3 is 2.20 bits per heavy atom. The highest BCUT2D eigenvalue weighted by molar-refractivity contribution is 7.92. The maximum atomic E-state index is 12.9. The standard InChI is InChI=1S/C23H32N2O4S/c1-7-21(20-14-9-16(3)15-17(20)4)24-23(26)22(8-2)29-19-12-10-18(11-13-19)25(5)30(6,27)28/h9-15,21-22H,7-8H2,1-6H3,(H,24,26)/t21-,22+/m1/s1.